The molecule has 140 valence electrons. The Morgan fingerprint density at radius 1 is 0.885 bits per heavy atom. The van der Waals surface area contributed by atoms with Crippen molar-refractivity contribution in [1.82, 2.24) is 14.7 Å². The van der Waals surface area contributed by atoms with Gasteiger partial charge in [0.1, 0.15) is 0 Å². The monoisotopic (exact) mass is 359 g/mol. The van der Waals surface area contributed by atoms with Crippen LogP contribution < -0.4 is 0 Å². The average molecular weight is 359 g/mol. The van der Waals surface area contributed by atoms with Gasteiger partial charge in [-0.15, -0.1) is 0 Å². The van der Waals surface area contributed by atoms with E-state index in [-0.39, 0.29) is 54.3 Å². The van der Waals surface area contributed by atoms with Crippen LogP contribution in [0.4, 0.5) is 0 Å². The number of likely N-dealkylation sites (tertiary alicyclic amines) is 1. The summed E-state index contributed by atoms with van der Waals surface area (Å²) < 4.78 is 0. The molecule has 2 aliphatic carbocycles. The maximum atomic E-state index is 12.5. The van der Waals surface area contributed by atoms with Crippen molar-refractivity contribution in [3.63, 3.8) is 0 Å². The second-order valence-electron chi connectivity index (χ2n) is 7.71. The molecular weight excluding hydrogens is 334 g/mol. The fourth-order valence-corrected chi connectivity index (χ4v) is 4.22. The zero-order valence-electron chi connectivity index (χ0n) is 14.9. The number of hydrogen-bond donors (Lipinski definition) is 0. The van der Waals surface area contributed by atoms with E-state index in [1.807, 2.05) is 17.1 Å². The molecule has 0 aromatic heterocycles. The number of carbonyl (C=O) groups excluding carboxylic acids is 4. The molecule has 4 amide bonds. The maximum Gasteiger partial charge on any atom is 0.233 e. The molecule has 7 nitrogen and oxygen atoms in total. The lowest BCUT2D eigenvalue weighted by molar-refractivity contribution is -0.143. The highest BCUT2D eigenvalue weighted by Crippen LogP contribution is 2.35. The SMILES string of the molecule is O=C(CCN1C(=O)[C@@H]2CC=CC[C@H]2C1=O)N1CCN(C(=O)C2CC2)CC1. The molecule has 0 radical (unpaired) electrons. The van der Waals surface area contributed by atoms with Crippen molar-refractivity contribution in [3.05, 3.63) is 12.2 Å². The Hall–Kier alpha value is -2.18. The molecule has 0 bridgehead atoms. The van der Waals surface area contributed by atoms with Crippen LogP contribution in [0.2, 0.25) is 0 Å². The van der Waals surface area contributed by atoms with E-state index >= 15 is 0 Å². The number of imide groups is 1. The minimum Gasteiger partial charge on any atom is -0.339 e. The molecule has 0 unspecified atom stereocenters. The minimum absolute atomic E-state index is 0.0443. The lowest BCUT2D eigenvalue weighted by atomic mass is 9.85. The quantitative estimate of drug-likeness (QED) is 0.538. The van der Waals surface area contributed by atoms with Gasteiger partial charge in [0.2, 0.25) is 23.6 Å². The Bertz CT molecular complexity index is 636. The third-order valence-corrected chi connectivity index (χ3v) is 6.02. The molecule has 2 saturated heterocycles. The second kappa shape index (κ2) is 6.85. The Balaban J connectivity index is 1.26. The first kappa shape index (κ1) is 17.2. The molecule has 2 heterocycles. The molecule has 0 aromatic carbocycles. The summed E-state index contributed by atoms with van der Waals surface area (Å²) in [7, 11) is 0. The predicted molar refractivity (Wildman–Crippen MR) is 92.6 cm³/mol. The van der Waals surface area contributed by atoms with Gasteiger partial charge in [0.25, 0.3) is 0 Å². The fraction of sp³-hybridized carbons (Fsp3) is 0.684. The summed E-state index contributed by atoms with van der Waals surface area (Å²) >= 11 is 0. The van der Waals surface area contributed by atoms with Crippen LogP contribution in [0.25, 0.3) is 0 Å². The van der Waals surface area contributed by atoms with E-state index in [1.54, 1.807) is 4.90 Å². The largest absolute Gasteiger partial charge is 0.339 e. The molecule has 0 spiro atoms. The van der Waals surface area contributed by atoms with Crippen molar-refractivity contribution in [3.8, 4) is 0 Å². The number of amides is 4. The van der Waals surface area contributed by atoms with Crippen LogP contribution in [-0.4, -0.2) is 71.1 Å². The van der Waals surface area contributed by atoms with Gasteiger partial charge in [-0.25, -0.2) is 0 Å². The minimum atomic E-state index is -0.236. The number of hydrogen-bond acceptors (Lipinski definition) is 4. The summed E-state index contributed by atoms with van der Waals surface area (Å²) in [4.78, 5) is 54.3. The summed E-state index contributed by atoms with van der Waals surface area (Å²) in [5, 5.41) is 0. The highest BCUT2D eigenvalue weighted by molar-refractivity contribution is 6.05. The maximum absolute atomic E-state index is 12.5. The van der Waals surface area contributed by atoms with E-state index in [9.17, 15) is 19.2 Å². The first-order valence-corrected chi connectivity index (χ1v) is 9.63. The van der Waals surface area contributed by atoms with Gasteiger partial charge in [-0.05, 0) is 25.7 Å². The number of carbonyl (C=O) groups is 4. The first-order valence-electron chi connectivity index (χ1n) is 9.63. The van der Waals surface area contributed by atoms with Crippen molar-refractivity contribution in [2.75, 3.05) is 32.7 Å². The summed E-state index contributed by atoms with van der Waals surface area (Å²) in [6.45, 7) is 2.41. The molecule has 2 aliphatic heterocycles. The Morgan fingerprint density at radius 2 is 1.42 bits per heavy atom. The van der Waals surface area contributed by atoms with Gasteiger partial charge in [0, 0.05) is 45.1 Å². The average Bonchev–Trinajstić information content (AvgIpc) is 3.49. The van der Waals surface area contributed by atoms with Gasteiger partial charge in [-0.3, -0.25) is 24.1 Å². The third kappa shape index (κ3) is 3.15. The van der Waals surface area contributed by atoms with Crippen molar-refractivity contribution in [2.45, 2.75) is 32.1 Å². The van der Waals surface area contributed by atoms with Crippen molar-refractivity contribution >= 4 is 23.6 Å². The highest BCUT2D eigenvalue weighted by Gasteiger charge is 2.47. The lowest BCUT2D eigenvalue weighted by Gasteiger charge is -2.35. The first-order chi connectivity index (χ1) is 12.6. The van der Waals surface area contributed by atoms with Crippen molar-refractivity contribution < 1.29 is 19.2 Å². The molecule has 7 heteroatoms. The van der Waals surface area contributed by atoms with Crippen molar-refractivity contribution in [1.29, 1.82) is 0 Å². The summed E-state index contributed by atoms with van der Waals surface area (Å²) in [5.74, 6) is -0.339. The number of fused-ring (bicyclic) bond motifs is 1. The number of rotatable bonds is 4. The Kier molecular flexibility index (Phi) is 4.54. The molecule has 1 saturated carbocycles. The summed E-state index contributed by atoms with van der Waals surface area (Å²) in [6.07, 6.45) is 7.32. The van der Waals surface area contributed by atoms with E-state index in [1.165, 1.54) is 4.90 Å². The van der Waals surface area contributed by atoms with Crippen molar-refractivity contribution in [2.24, 2.45) is 17.8 Å². The summed E-state index contributed by atoms with van der Waals surface area (Å²) in [6, 6.07) is 0. The number of piperazine rings is 1. The van der Waals surface area contributed by atoms with Gasteiger partial charge < -0.3 is 9.80 Å². The molecular formula is C19H25N3O4. The highest BCUT2D eigenvalue weighted by atomic mass is 16.2. The second-order valence-corrected chi connectivity index (χ2v) is 7.71. The number of nitrogens with zero attached hydrogens (tertiary/aromatic N) is 3. The van der Waals surface area contributed by atoms with Crippen LogP contribution in [0.1, 0.15) is 32.1 Å². The Labute approximate surface area is 153 Å². The molecule has 4 rings (SSSR count). The van der Waals surface area contributed by atoms with E-state index in [2.05, 4.69) is 0 Å². The molecule has 3 fully saturated rings. The van der Waals surface area contributed by atoms with Crippen LogP contribution in [0.15, 0.2) is 12.2 Å². The summed E-state index contributed by atoms with van der Waals surface area (Å²) in [5.41, 5.74) is 0. The van der Waals surface area contributed by atoms with Gasteiger partial charge in [0.15, 0.2) is 0 Å². The molecule has 0 aromatic rings. The molecule has 26 heavy (non-hydrogen) atoms. The molecule has 4 aliphatic rings. The molecule has 0 N–H and O–H groups in total. The molecule has 2 atom stereocenters. The van der Waals surface area contributed by atoms with Gasteiger partial charge >= 0.3 is 0 Å². The van der Waals surface area contributed by atoms with Crippen LogP contribution in [0, 0.1) is 17.8 Å². The van der Waals surface area contributed by atoms with E-state index < -0.39 is 0 Å². The Morgan fingerprint density at radius 3 is 1.96 bits per heavy atom. The van der Waals surface area contributed by atoms with E-state index in [0.29, 0.717) is 39.0 Å². The zero-order valence-corrected chi connectivity index (χ0v) is 14.9. The standard InChI is InChI=1S/C19H25N3O4/c23-16(20-9-11-21(12-10-20)17(24)13-5-6-13)7-8-22-18(25)14-3-1-2-4-15(14)19(22)26/h1-2,13-15H,3-12H2/t14-,15-/m1/s1. The van der Waals surface area contributed by atoms with Crippen LogP contribution in [0.5, 0.6) is 0 Å². The van der Waals surface area contributed by atoms with Crippen LogP contribution in [0.3, 0.4) is 0 Å². The zero-order chi connectivity index (χ0) is 18.3. The van der Waals surface area contributed by atoms with E-state index in [4.69, 9.17) is 0 Å². The topological polar surface area (TPSA) is 78.0 Å². The number of allylic oxidation sites excluding steroid dienone is 2. The predicted octanol–water partition coefficient (Wildman–Crippen LogP) is 0.409. The van der Waals surface area contributed by atoms with E-state index in [0.717, 1.165) is 12.8 Å². The fourth-order valence-electron chi connectivity index (χ4n) is 4.22. The third-order valence-electron chi connectivity index (χ3n) is 6.02. The van der Waals surface area contributed by atoms with Crippen LogP contribution in [-0.2, 0) is 19.2 Å². The lowest BCUT2D eigenvalue weighted by Crippen LogP contribution is -2.51. The smallest absolute Gasteiger partial charge is 0.233 e. The van der Waals surface area contributed by atoms with Gasteiger partial charge in [0.05, 0.1) is 11.8 Å². The van der Waals surface area contributed by atoms with Crippen LogP contribution >= 0.6 is 0 Å². The normalized spacial score (nSPS) is 28.5. The van der Waals surface area contributed by atoms with Gasteiger partial charge in [-0.1, -0.05) is 12.2 Å². The van der Waals surface area contributed by atoms with Gasteiger partial charge in [-0.2, -0.15) is 0 Å².